The molecule has 0 atom stereocenters. The second-order valence-electron chi connectivity index (χ2n) is 9.12. The first-order chi connectivity index (χ1) is 16.9. The number of rotatable bonds is 4. The van der Waals surface area contributed by atoms with Crippen LogP contribution in [0.4, 0.5) is 20.3 Å². The molecular formula is C23H22F2N8O2. The number of alkyl halides is 2. The van der Waals surface area contributed by atoms with Crippen LogP contribution in [0.15, 0.2) is 29.3 Å². The number of halogens is 2. The third-order valence-corrected chi connectivity index (χ3v) is 6.90. The average Bonchev–Trinajstić information content (AvgIpc) is 3.41. The van der Waals surface area contributed by atoms with Crippen LogP contribution >= 0.6 is 0 Å². The highest BCUT2D eigenvalue weighted by Crippen LogP contribution is 2.36. The molecule has 3 aromatic heterocycles. The van der Waals surface area contributed by atoms with Crippen LogP contribution in [-0.2, 0) is 4.74 Å². The zero-order valence-corrected chi connectivity index (χ0v) is 18.9. The van der Waals surface area contributed by atoms with Crippen molar-refractivity contribution in [3.63, 3.8) is 0 Å². The zero-order valence-electron chi connectivity index (χ0n) is 18.9. The summed E-state index contributed by atoms with van der Waals surface area (Å²) in [4.78, 5) is 34.5. The molecule has 1 aromatic carbocycles. The highest BCUT2D eigenvalue weighted by Gasteiger charge is 2.45. The van der Waals surface area contributed by atoms with Gasteiger partial charge < -0.3 is 14.6 Å². The Morgan fingerprint density at radius 1 is 1.20 bits per heavy atom. The molecule has 0 bridgehead atoms. The molecule has 0 radical (unpaired) electrons. The maximum Gasteiger partial charge on any atom is 0.328 e. The number of H-pyrrole nitrogens is 1. The lowest BCUT2D eigenvalue weighted by Crippen LogP contribution is -2.56. The van der Waals surface area contributed by atoms with Gasteiger partial charge in [-0.25, -0.2) is 23.4 Å². The minimum atomic E-state index is -2.81. The summed E-state index contributed by atoms with van der Waals surface area (Å²) < 4.78 is 36.2. The van der Waals surface area contributed by atoms with Crippen molar-refractivity contribution in [2.45, 2.75) is 43.8 Å². The van der Waals surface area contributed by atoms with Gasteiger partial charge in [0.25, 0.3) is 5.92 Å². The van der Waals surface area contributed by atoms with E-state index in [9.17, 15) is 13.6 Å². The van der Waals surface area contributed by atoms with E-state index in [-0.39, 0.29) is 29.6 Å². The van der Waals surface area contributed by atoms with Gasteiger partial charge in [-0.05, 0) is 37.8 Å². The molecule has 0 spiro atoms. The Balaban J connectivity index is 1.53. The molecule has 1 aliphatic heterocycles. The van der Waals surface area contributed by atoms with Gasteiger partial charge in [-0.3, -0.25) is 9.13 Å². The fourth-order valence-electron chi connectivity index (χ4n) is 5.08. The van der Waals surface area contributed by atoms with Crippen LogP contribution in [0.25, 0.3) is 33.0 Å². The van der Waals surface area contributed by atoms with Gasteiger partial charge >= 0.3 is 5.69 Å². The summed E-state index contributed by atoms with van der Waals surface area (Å²) in [6.07, 6.45) is 4.80. The minimum Gasteiger partial charge on any atom is -0.381 e. The molecule has 1 aliphatic carbocycles. The van der Waals surface area contributed by atoms with E-state index in [0.717, 1.165) is 25.7 Å². The standard InChI is InChI=1S/C23H22F2N8O2/c1-26-13-3-8-16-17(9-13)32(12-27-16)21-29-19(31-10-23(24,25)11-31)18-20(30-21)33(22(34)28-18)14-4-6-15(35-2)7-5-14/h3,8-9,12,14-15H,4-7,10-11H2,2H3,(H,28,34)/t14-,15-. The Hall–Kier alpha value is -3.85. The lowest BCUT2D eigenvalue weighted by Gasteiger charge is -2.39. The van der Waals surface area contributed by atoms with Crippen molar-refractivity contribution in [3.05, 3.63) is 46.4 Å². The summed E-state index contributed by atoms with van der Waals surface area (Å²) in [7, 11) is 1.69. The minimum absolute atomic E-state index is 0.0932. The highest BCUT2D eigenvalue weighted by molar-refractivity contribution is 5.86. The number of benzene rings is 1. The van der Waals surface area contributed by atoms with Crippen molar-refractivity contribution in [1.29, 1.82) is 0 Å². The molecule has 35 heavy (non-hydrogen) atoms. The third-order valence-electron chi connectivity index (χ3n) is 6.90. The predicted octanol–water partition coefficient (Wildman–Crippen LogP) is 3.59. The van der Waals surface area contributed by atoms with Crippen LogP contribution in [0.3, 0.4) is 0 Å². The Morgan fingerprint density at radius 3 is 2.66 bits per heavy atom. The van der Waals surface area contributed by atoms with Gasteiger partial charge in [0.2, 0.25) is 5.95 Å². The van der Waals surface area contributed by atoms with Crippen LogP contribution in [0.1, 0.15) is 31.7 Å². The van der Waals surface area contributed by atoms with Crippen LogP contribution in [0.2, 0.25) is 0 Å². The number of aromatic amines is 1. The third kappa shape index (κ3) is 3.54. The first kappa shape index (κ1) is 21.7. The fraction of sp³-hybridized carbons (Fsp3) is 0.435. The SMILES string of the molecule is [C-]#[N+]c1ccc2ncn(-c3nc(N4CC(F)(F)C4)c4[nH]c(=O)n([C@H]5CC[C@H](OC)CC5)c4n3)c2c1. The topological polar surface area (TPSA) is 98.2 Å². The Bertz CT molecular complexity index is 1530. The van der Waals surface area contributed by atoms with Crippen molar-refractivity contribution in [3.8, 4) is 5.95 Å². The van der Waals surface area contributed by atoms with E-state index in [1.165, 1.54) is 11.2 Å². The van der Waals surface area contributed by atoms with Crippen LogP contribution in [0, 0.1) is 6.57 Å². The first-order valence-electron chi connectivity index (χ1n) is 11.4. The number of imidazole rings is 2. The maximum atomic E-state index is 13.8. The van der Waals surface area contributed by atoms with E-state index in [4.69, 9.17) is 16.3 Å². The Kier molecular flexibility index (Phi) is 4.86. The van der Waals surface area contributed by atoms with Gasteiger partial charge in [0.15, 0.2) is 17.2 Å². The van der Waals surface area contributed by atoms with E-state index in [0.29, 0.717) is 27.9 Å². The molecule has 0 unspecified atom stereocenters. The largest absolute Gasteiger partial charge is 0.381 e. The van der Waals surface area contributed by atoms with Gasteiger partial charge in [0.1, 0.15) is 11.8 Å². The van der Waals surface area contributed by atoms with Gasteiger partial charge in [0, 0.05) is 13.2 Å². The Labute approximate surface area is 198 Å². The number of methoxy groups -OCH3 is 1. The number of hydrogen-bond acceptors (Lipinski definition) is 6. The number of nitrogens with one attached hydrogen (secondary N) is 1. The molecule has 10 nitrogen and oxygen atoms in total. The smallest absolute Gasteiger partial charge is 0.328 e. The van der Waals surface area contributed by atoms with Crippen molar-refractivity contribution in [2.24, 2.45) is 0 Å². The van der Waals surface area contributed by atoms with E-state index >= 15 is 0 Å². The van der Waals surface area contributed by atoms with Gasteiger partial charge in [0.05, 0.1) is 36.8 Å². The van der Waals surface area contributed by atoms with Crippen LogP contribution < -0.4 is 10.6 Å². The molecule has 1 saturated heterocycles. The summed E-state index contributed by atoms with van der Waals surface area (Å²) in [6.45, 7) is 6.35. The average molecular weight is 480 g/mol. The van der Waals surface area contributed by atoms with E-state index in [2.05, 4.69) is 19.8 Å². The number of aromatic nitrogens is 6. The van der Waals surface area contributed by atoms with Crippen molar-refractivity contribution < 1.29 is 13.5 Å². The second kappa shape index (κ2) is 7.84. The lowest BCUT2D eigenvalue weighted by molar-refractivity contribution is -0.0265. The van der Waals surface area contributed by atoms with Crippen LogP contribution in [-0.4, -0.2) is 61.3 Å². The molecule has 12 heteroatoms. The highest BCUT2D eigenvalue weighted by atomic mass is 19.3. The molecule has 2 aliphatic rings. The number of ether oxygens (including phenoxy) is 1. The fourth-order valence-corrected chi connectivity index (χ4v) is 5.08. The zero-order chi connectivity index (χ0) is 24.3. The number of anilines is 1. The summed E-state index contributed by atoms with van der Waals surface area (Å²) in [6, 6.07) is 4.99. The first-order valence-corrected chi connectivity index (χ1v) is 11.4. The molecule has 1 N–H and O–H groups in total. The van der Waals surface area contributed by atoms with Gasteiger partial charge in [-0.1, -0.05) is 6.07 Å². The van der Waals surface area contributed by atoms with Crippen molar-refractivity contribution >= 4 is 33.7 Å². The number of hydrogen-bond donors (Lipinski definition) is 1. The lowest BCUT2D eigenvalue weighted by atomic mass is 9.93. The summed E-state index contributed by atoms with van der Waals surface area (Å²) in [5, 5.41) is 0. The maximum absolute atomic E-state index is 13.8. The van der Waals surface area contributed by atoms with E-state index in [1.54, 1.807) is 34.4 Å². The Morgan fingerprint density at radius 2 is 1.97 bits per heavy atom. The van der Waals surface area contributed by atoms with Gasteiger partial charge in [-0.2, -0.15) is 9.97 Å². The van der Waals surface area contributed by atoms with Crippen molar-refractivity contribution in [1.82, 2.24) is 29.1 Å². The second-order valence-corrected chi connectivity index (χ2v) is 9.12. The molecule has 6 rings (SSSR count). The summed E-state index contributed by atoms with van der Waals surface area (Å²) in [5.74, 6) is -2.36. The van der Waals surface area contributed by atoms with E-state index in [1.807, 2.05) is 0 Å². The van der Waals surface area contributed by atoms with Crippen LogP contribution in [0.5, 0.6) is 0 Å². The van der Waals surface area contributed by atoms with Gasteiger partial charge in [-0.15, -0.1) is 0 Å². The normalized spacial score (nSPS) is 21.8. The molecule has 2 fully saturated rings. The molecule has 0 amide bonds. The molecule has 1 saturated carbocycles. The number of nitrogens with zero attached hydrogens (tertiary/aromatic N) is 7. The molecule has 180 valence electrons. The molecular weight excluding hydrogens is 458 g/mol. The monoisotopic (exact) mass is 480 g/mol. The number of fused-ring (bicyclic) bond motifs is 2. The molecule has 4 heterocycles. The quantitative estimate of drug-likeness (QED) is 0.449. The molecule has 4 aromatic rings. The van der Waals surface area contributed by atoms with E-state index < -0.39 is 19.0 Å². The summed E-state index contributed by atoms with van der Waals surface area (Å²) >= 11 is 0. The summed E-state index contributed by atoms with van der Waals surface area (Å²) in [5.41, 5.74) is 2.05. The van der Waals surface area contributed by atoms with Crippen molar-refractivity contribution in [2.75, 3.05) is 25.1 Å². The predicted molar refractivity (Wildman–Crippen MR) is 125 cm³/mol.